The van der Waals surface area contributed by atoms with Gasteiger partial charge in [-0.25, -0.2) is 4.98 Å². The van der Waals surface area contributed by atoms with Crippen LogP contribution in [0.25, 0.3) is 10.8 Å². The third-order valence-electron chi connectivity index (χ3n) is 3.18. The van der Waals surface area contributed by atoms with Gasteiger partial charge < -0.3 is 5.32 Å². The minimum atomic E-state index is 0.129. The Kier molecular flexibility index (Phi) is 3.53. The van der Waals surface area contributed by atoms with E-state index in [0.717, 1.165) is 12.2 Å². The van der Waals surface area contributed by atoms with Crippen molar-refractivity contribution in [3.05, 3.63) is 58.8 Å². The summed E-state index contributed by atoms with van der Waals surface area (Å²) in [6.45, 7) is 3.02. The Balaban J connectivity index is 2.15. The van der Waals surface area contributed by atoms with Crippen molar-refractivity contribution in [2.75, 3.05) is 6.54 Å². The normalized spacial score (nSPS) is 12.7. The standard InChI is InChI=1S/C15H15N3S/c1-2-17-15(14-9-19-10-18-14)12-5-3-4-11-6-7-16-8-13(11)12/h3-10,15,17H,2H2,1H3. The van der Waals surface area contributed by atoms with Crippen LogP contribution in [0.5, 0.6) is 0 Å². The summed E-state index contributed by atoms with van der Waals surface area (Å²) in [6, 6.07) is 8.53. The Labute approximate surface area is 116 Å². The summed E-state index contributed by atoms with van der Waals surface area (Å²) in [7, 11) is 0. The molecule has 1 N–H and O–H groups in total. The van der Waals surface area contributed by atoms with E-state index in [1.807, 2.05) is 24.0 Å². The van der Waals surface area contributed by atoms with E-state index in [1.54, 1.807) is 11.3 Å². The Morgan fingerprint density at radius 2 is 2.26 bits per heavy atom. The first-order valence-electron chi connectivity index (χ1n) is 6.34. The summed E-state index contributed by atoms with van der Waals surface area (Å²) in [5.74, 6) is 0. The fourth-order valence-electron chi connectivity index (χ4n) is 2.33. The Hall–Kier alpha value is -1.78. The minimum absolute atomic E-state index is 0.129. The molecule has 0 saturated carbocycles. The first kappa shape index (κ1) is 12.3. The second-order valence-electron chi connectivity index (χ2n) is 4.35. The highest BCUT2D eigenvalue weighted by molar-refractivity contribution is 7.07. The fraction of sp³-hybridized carbons (Fsp3) is 0.200. The van der Waals surface area contributed by atoms with Crippen LogP contribution in [0.15, 0.2) is 47.5 Å². The van der Waals surface area contributed by atoms with Gasteiger partial charge >= 0.3 is 0 Å². The molecule has 0 spiro atoms. The molecule has 0 radical (unpaired) electrons. The van der Waals surface area contributed by atoms with E-state index < -0.39 is 0 Å². The quantitative estimate of drug-likeness (QED) is 0.789. The summed E-state index contributed by atoms with van der Waals surface area (Å²) in [5, 5.41) is 8.01. The zero-order valence-corrected chi connectivity index (χ0v) is 11.5. The average molecular weight is 269 g/mol. The monoisotopic (exact) mass is 269 g/mol. The predicted molar refractivity (Wildman–Crippen MR) is 79.4 cm³/mol. The largest absolute Gasteiger partial charge is 0.305 e. The molecule has 1 aromatic carbocycles. The number of hydrogen-bond acceptors (Lipinski definition) is 4. The number of benzene rings is 1. The van der Waals surface area contributed by atoms with Crippen LogP contribution in [0.4, 0.5) is 0 Å². The predicted octanol–water partition coefficient (Wildman–Crippen LogP) is 3.39. The smallest absolute Gasteiger partial charge is 0.0795 e. The van der Waals surface area contributed by atoms with E-state index in [4.69, 9.17) is 0 Å². The molecule has 1 atom stereocenters. The van der Waals surface area contributed by atoms with Gasteiger partial charge in [0.05, 0.1) is 17.2 Å². The summed E-state index contributed by atoms with van der Waals surface area (Å²) in [6.07, 6.45) is 3.76. The van der Waals surface area contributed by atoms with Crippen molar-refractivity contribution in [2.45, 2.75) is 13.0 Å². The van der Waals surface area contributed by atoms with Gasteiger partial charge in [-0.2, -0.15) is 0 Å². The van der Waals surface area contributed by atoms with Crippen LogP contribution in [-0.2, 0) is 0 Å². The average Bonchev–Trinajstić information content (AvgIpc) is 2.98. The SMILES string of the molecule is CCNC(c1cscn1)c1cccc2ccncc12. The molecule has 3 nitrogen and oxygen atoms in total. The maximum Gasteiger partial charge on any atom is 0.0795 e. The van der Waals surface area contributed by atoms with Crippen LogP contribution in [0.1, 0.15) is 24.2 Å². The summed E-state index contributed by atoms with van der Waals surface area (Å²) in [5.41, 5.74) is 4.19. The lowest BCUT2D eigenvalue weighted by molar-refractivity contribution is 0.622. The first-order valence-corrected chi connectivity index (χ1v) is 7.28. The van der Waals surface area contributed by atoms with Gasteiger partial charge in [-0.1, -0.05) is 25.1 Å². The molecule has 0 amide bonds. The van der Waals surface area contributed by atoms with Crippen LogP contribution in [0.2, 0.25) is 0 Å². The van der Waals surface area contributed by atoms with Crippen molar-refractivity contribution in [1.29, 1.82) is 0 Å². The highest BCUT2D eigenvalue weighted by atomic mass is 32.1. The van der Waals surface area contributed by atoms with Crippen molar-refractivity contribution < 1.29 is 0 Å². The van der Waals surface area contributed by atoms with Gasteiger partial charge in [0.1, 0.15) is 0 Å². The minimum Gasteiger partial charge on any atom is -0.305 e. The molecule has 4 heteroatoms. The molecule has 0 aliphatic carbocycles. The molecule has 19 heavy (non-hydrogen) atoms. The van der Waals surface area contributed by atoms with Crippen molar-refractivity contribution in [1.82, 2.24) is 15.3 Å². The third kappa shape index (κ3) is 2.37. The summed E-state index contributed by atoms with van der Waals surface area (Å²) < 4.78 is 0. The molecule has 3 rings (SSSR count). The van der Waals surface area contributed by atoms with Crippen molar-refractivity contribution in [3.63, 3.8) is 0 Å². The first-order chi connectivity index (χ1) is 9.40. The second kappa shape index (κ2) is 5.47. The Morgan fingerprint density at radius 3 is 3.05 bits per heavy atom. The lowest BCUT2D eigenvalue weighted by Crippen LogP contribution is -2.22. The fourth-order valence-corrected chi connectivity index (χ4v) is 2.91. The van der Waals surface area contributed by atoms with Crippen molar-refractivity contribution in [2.24, 2.45) is 0 Å². The third-order valence-corrected chi connectivity index (χ3v) is 3.79. The van der Waals surface area contributed by atoms with E-state index in [-0.39, 0.29) is 6.04 Å². The van der Waals surface area contributed by atoms with E-state index in [1.165, 1.54) is 16.3 Å². The number of hydrogen-bond donors (Lipinski definition) is 1. The van der Waals surface area contributed by atoms with Crippen molar-refractivity contribution in [3.8, 4) is 0 Å². The highest BCUT2D eigenvalue weighted by Gasteiger charge is 2.17. The number of nitrogens with zero attached hydrogens (tertiary/aromatic N) is 2. The van der Waals surface area contributed by atoms with Gasteiger partial charge in [0.2, 0.25) is 0 Å². The molecule has 2 aromatic heterocycles. The molecule has 0 aliphatic rings. The van der Waals surface area contributed by atoms with Gasteiger partial charge in [0, 0.05) is 23.2 Å². The number of pyridine rings is 1. The molecular weight excluding hydrogens is 254 g/mol. The van der Waals surface area contributed by atoms with Gasteiger partial charge in [-0.15, -0.1) is 11.3 Å². The summed E-state index contributed by atoms with van der Waals surface area (Å²) >= 11 is 1.63. The van der Waals surface area contributed by atoms with Crippen molar-refractivity contribution >= 4 is 22.1 Å². The molecular formula is C15H15N3S. The van der Waals surface area contributed by atoms with E-state index in [2.05, 4.69) is 45.8 Å². The van der Waals surface area contributed by atoms with E-state index in [9.17, 15) is 0 Å². The Bertz CT molecular complexity index is 659. The van der Waals surface area contributed by atoms with E-state index in [0.29, 0.717) is 0 Å². The topological polar surface area (TPSA) is 37.8 Å². The van der Waals surface area contributed by atoms with Crippen LogP contribution >= 0.6 is 11.3 Å². The number of thiazole rings is 1. The van der Waals surface area contributed by atoms with Crippen LogP contribution in [0.3, 0.4) is 0 Å². The molecule has 0 bridgehead atoms. The van der Waals surface area contributed by atoms with Crippen LogP contribution in [0, 0.1) is 0 Å². The number of aromatic nitrogens is 2. The number of nitrogens with one attached hydrogen (secondary N) is 1. The number of fused-ring (bicyclic) bond motifs is 1. The van der Waals surface area contributed by atoms with Gasteiger partial charge in [0.25, 0.3) is 0 Å². The molecule has 2 heterocycles. The Morgan fingerprint density at radius 1 is 1.32 bits per heavy atom. The lowest BCUT2D eigenvalue weighted by atomic mass is 9.98. The molecule has 0 fully saturated rings. The number of rotatable bonds is 4. The molecule has 96 valence electrons. The van der Waals surface area contributed by atoms with Gasteiger partial charge in [-0.3, -0.25) is 4.98 Å². The highest BCUT2D eigenvalue weighted by Crippen LogP contribution is 2.28. The second-order valence-corrected chi connectivity index (χ2v) is 5.07. The van der Waals surface area contributed by atoms with Gasteiger partial charge in [0.15, 0.2) is 0 Å². The maximum atomic E-state index is 4.45. The maximum absolute atomic E-state index is 4.45. The van der Waals surface area contributed by atoms with Crippen LogP contribution in [-0.4, -0.2) is 16.5 Å². The summed E-state index contributed by atoms with van der Waals surface area (Å²) in [4.78, 5) is 8.71. The lowest BCUT2D eigenvalue weighted by Gasteiger charge is -2.18. The molecule has 0 saturated heterocycles. The molecule has 0 aliphatic heterocycles. The zero-order chi connectivity index (χ0) is 13.1. The van der Waals surface area contributed by atoms with Crippen LogP contribution < -0.4 is 5.32 Å². The molecule has 1 unspecified atom stereocenters. The zero-order valence-electron chi connectivity index (χ0n) is 10.7. The molecule has 3 aromatic rings. The van der Waals surface area contributed by atoms with E-state index >= 15 is 0 Å². The van der Waals surface area contributed by atoms with Gasteiger partial charge in [-0.05, 0) is 23.6 Å².